The lowest BCUT2D eigenvalue weighted by molar-refractivity contribution is -0.117. The molecule has 2 heterocycles. The van der Waals surface area contributed by atoms with Crippen LogP contribution in [-0.2, 0) is 9.53 Å². The maximum Gasteiger partial charge on any atom is 0.338 e. The van der Waals surface area contributed by atoms with Gasteiger partial charge in [-0.25, -0.2) is 4.79 Å². The molecule has 0 unspecified atom stereocenters. The van der Waals surface area contributed by atoms with Crippen LogP contribution >= 0.6 is 11.3 Å². The Balaban J connectivity index is 1.59. The van der Waals surface area contributed by atoms with Gasteiger partial charge in [-0.15, -0.1) is 11.3 Å². The van der Waals surface area contributed by atoms with Crippen LogP contribution in [0.3, 0.4) is 0 Å². The number of esters is 1. The second-order valence-corrected chi connectivity index (χ2v) is 6.89. The second kappa shape index (κ2) is 6.97. The van der Waals surface area contributed by atoms with Crippen molar-refractivity contribution in [2.24, 2.45) is 0 Å². The Morgan fingerprint density at radius 2 is 1.92 bits per heavy atom. The van der Waals surface area contributed by atoms with Crippen LogP contribution < -0.4 is 4.90 Å². The molecule has 124 valence electrons. The topological polar surface area (TPSA) is 63.7 Å². The van der Waals surface area contributed by atoms with Gasteiger partial charge in [-0.05, 0) is 49.7 Å². The summed E-state index contributed by atoms with van der Waals surface area (Å²) in [5.74, 6) is -0.654. The summed E-state index contributed by atoms with van der Waals surface area (Å²) in [6, 6.07) is 10.3. The number of nitrogens with zero attached hydrogens (tertiary/aromatic N) is 1. The molecule has 0 spiro atoms. The fourth-order valence-electron chi connectivity index (χ4n) is 2.57. The van der Waals surface area contributed by atoms with Gasteiger partial charge < -0.3 is 9.64 Å². The summed E-state index contributed by atoms with van der Waals surface area (Å²) in [4.78, 5) is 39.0. The molecule has 1 aromatic carbocycles. The first-order valence-electron chi connectivity index (χ1n) is 7.72. The monoisotopic (exact) mass is 343 g/mol. The average molecular weight is 343 g/mol. The van der Waals surface area contributed by atoms with Crippen molar-refractivity contribution in [1.82, 2.24) is 0 Å². The van der Waals surface area contributed by atoms with Crippen molar-refractivity contribution < 1.29 is 19.1 Å². The number of aryl methyl sites for hydroxylation is 1. The lowest BCUT2D eigenvalue weighted by Gasteiger charge is -2.15. The van der Waals surface area contributed by atoms with Gasteiger partial charge in [-0.2, -0.15) is 0 Å². The number of carbonyl (C=O) groups excluding carboxylic acids is 3. The summed E-state index contributed by atoms with van der Waals surface area (Å²) in [6.07, 6.45) is 1.42. The predicted molar refractivity (Wildman–Crippen MR) is 91.7 cm³/mol. The predicted octanol–water partition coefficient (Wildman–Crippen LogP) is 3.22. The van der Waals surface area contributed by atoms with Crippen molar-refractivity contribution in [3.05, 3.63) is 51.7 Å². The van der Waals surface area contributed by atoms with Crippen molar-refractivity contribution >= 4 is 34.7 Å². The van der Waals surface area contributed by atoms with Gasteiger partial charge in [0.1, 0.15) is 0 Å². The van der Waals surface area contributed by atoms with E-state index in [-0.39, 0.29) is 18.3 Å². The number of carbonyl (C=O) groups is 3. The van der Waals surface area contributed by atoms with Crippen molar-refractivity contribution in [2.45, 2.75) is 19.8 Å². The number of ketones is 1. The highest BCUT2D eigenvalue weighted by Crippen LogP contribution is 2.22. The molecule has 5 nitrogen and oxygen atoms in total. The molecule has 1 saturated heterocycles. The highest BCUT2D eigenvalue weighted by atomic mass is 32.1. The standard InChI is InChI=1S/C18H17NO4S/c1-12-4-9-16(24-12)15(20)11-23-18(22)13-5-7-14(8-6-13)19-10-2-3-17(19)21/h4-9H,2-3,10-11H2,1H3. The van der Waals surface area contributed by atoms with E-state index in [0.29, 0.717) is 23.4 Å². The summed E-state index contributed by atoms with van der Waals surface area (Å²) in [6.45, 7) is 2.35. The van der Waals surface area contributed by atoms with Crippen molar-refractivity contribution in [1.29, 1.82) is 0 Å². The zero-order chi connectivity index (χ0) is 17.1. The minimum Gasteiger partial charge on any atom is -0.454 e. The van der Waals surface area contributed by atoms with Crippen LogP contribution in [0, 0.1) is 6.92 Å². The molecule has 24 heavy (non-hydrogen) atoms. The molecule has 0 atom stereocenters. The van der Waals surface area contributed by atoms with Gasteiger partial charge in [0.2, 0.25) is 11.7 Å². The van der Waals surface area contributed by atoms with Gasteiger partial charge in [-0.1, -0.05) is 0 Å². The molecule has 0 aliphatic carbocycles. The number of hydrogen-bond acceptors (Lipinski definition) is 5. The maximum absolute atomic E-state index is 12.0. The summed E-state index contributed by atoms with van der Waals surface area (Å²) >= 11 is 1.38. The SMILES string of the molecule is Cc1ccc(C(=O)COC(=O)c2ccc(N3CCCC3=O)cc2)s1. The van der Waals surface area contributed by atoms with Gasteiger partial charge in [-0.3, -0.25) is 9.59 Å². The summed E-state index contributed by atoms with van der Waals surface area (Å²) < 4.78 is 5.08. The van der Waals surface area contributed by atoms with E-state index in [1.165, 1.54) is 11.3 Å². The molecule has 0 bridgehead atoms. The molecular formula is C18H17NO4S. The molecule has 1 aromatic heterocycles. The van der Waals surface area contributed by atoms with E-state index in [4.69, 9.17) is 4.74 Å². The van der Waals surface area contributed by atoms with Crippen LogP contribution in [0.4, 0.5) is 5.69 Å². The largest absolute Gasteiger partial charge is 0.454 e. The highest BCUT2D eigenvalue weighted by molar-refractivity contribution is 7.14. The maximum atomic E-state index is 12.0. The van der Waals surface area contributed by atoms with E-state index in [1.54, 1.807) is 35.2 Å². The number of hydrogen-bond donors (Lipinski definition) is 0. The minimum atomic E-state index is -0.545. The molecule has 2 aromatic rings. The number of ether oxygens (including phenoxy) is 1. The Hall–Kier alpha value is -2.47. The van der Waals surface area contributed by atoms with Crippen LogP contribution in [-0.4, -0.2) is 30.8 Å². The lowest BCUT2D eigenvalue weighted by atomic mass is 10.2. The lowest BCUT2D eigenvalue weighted by Crippen LogP contribution is -2.23. The molecule has 0 saturated carbocycles. The van der Waals surface area contributed by atoms with E-state index >= 15 is 0 Å². The van der Waals surface area contributed by atoms with Gasteiger partial charge in [0.15, 0.2) is 6.61 Å². The van der Waals surface area contributed by atoms with Crippen LogP contribution in [0.25, 0.3) is 0 Å². The zero-order valence-electron chi connectivity index (χ0n) is 13.3. The summed E-state index contributed by atoms with van der Waals surface area (Å²) in [7, 11) is 0. The molecule has 1 amide bonds. The molecule has 1 fully saturated rings. The van der Waals surface area contributed by atoms with Crippen molar-refractivity contribution in [3.8, 4) is 0 Å². The number of thiophene rings is 1. The molecule has 1 aliphatic heterocycles. The van der Waals surface area contributed by atoms with E-state index in [0.717, 1.165) is 17.0 Å². The Morgan fingerprint density at radius 1 is 1.17 bits per heavy atom. The molecule has 6 heteroatoms. The second-order valence-electron chi connectivity index (χ2n) is 5.61. The van der Waals surface area contributed by atoms with Gasteiger partial charge in [0.25, 0.3) is 0 Å². The Morgan fingerprint density at radius 3 is 2.50 bits per heavy atom. The Bertz CT molecular complexity index is 779. The molecule has 0 radical (unpaired) electrons. The first-order valence-corrected chi connectivity index (χ1v) is 8.53. The van der Waals surface area contributed by atoms with Crippen LogP contribution in [0.15, 0.2) is 36.4 Å². The number of benzene rings is 1. The van der Waals surface area contributed by atoms with Gasteiger partial charge in [0.05, 0.1) is 10.4 Å². The van der Waals surface area contributed by atoms with Gasteiger partial charge >= 0.3 is 5.97 Å². The smallest absolute Gasteiger partial charge is 0.338 e. The average Bonchev–Trinajstić information content (AvgIpc) is 3.21. The number of amides is 1. The third kappa shape index (κ3) is 3.54. The van der Waals surface area contributed by atoms with Gasteiger partial charge in [0, 0.05) is 23.5 Å². The van der Waals surface area contributed by atoms with Crippen LogP contribution in [0.2, 0.25) is 0 Å². The van der Waals surface area contributed by atoms with Crippen LogP contribution in [0.5, 0.6) is 0 Å². The molecular weight excluding hydrogens is 326 g/mol. The van der Waals surface area contributed by atoms with E-state index in [1.807, 2.05) is 13.0 Å². The minimum absolute atomic E-state index is 0.0992. The fraction of sp³-hybridized carbons (Fsp3) is 0.278. The molecule has 3 rings (SSSR count). The molecule has 1 aliphatic rings. The zero-order valence-corrected chi connectivity index (χ0v) is 14.1. The van der Waals surface area contributed by atoms with Crippen molar-refractivity contribution in [2.75, 3.05) is 18.1 Å². The Kier molecular flexibility index (Phi) is 4.76. The van der Waals surface area contributed by atoms with E-state index < -0.39 is 5.97 Å². The van der Waals surface area contributed by atoms with Crippen molar-refractivity contribution in [3.63, 3.8) is 0 Å². The normalized spacial score (nSPS) is 14.0. The quantitative estimate of drug-likeness (QED) is 0.618. The number of rotatable bonds is 5. The number of Topliss-reactive ketones (excluding diaryl/α,β-unsaturated/α-hetero) is 1. The molecule has 0 N–H and O–H groups in total. The third-order valence-corrected chi connectivity index (χ3v) is 4.88. The first kappa shape index (κ1) is 16.4. The summed E-state index contributed by atoms with van der Waals surface area (Å²) in [5.41, 5.74) is 1.14. The van der Waals surface area contributed by atoms with E-state index in [9.17, 15) is 14.4 Å². The first-order chi connectivity index (χ1) is 11.5. The fourth-order valence-corrected chi connectivity index (χ4v) is 3.36. The Labute approximate surface area is 143 Å². The van der Waals surface area contributed by atoms with E-state index in [2.05, 4.69) is 0 Å². The highest BCUT2D eigenvalue weighted by Gasteiger charge is 2.22. The van der Waals surface area contributed by atoms with Crippen LogP contribution in [0.1, 0.15) is 37.7 Å². The number of anilines is 1. The summed E-state index contributed by atoms with van der Waals surface area (Å²) in [5, 5.41) is 0. The third-order valence-electron chi connectivity index (χ3n) is 3.84.